The Balaban J connectivity index is 1.81. The summed E-state index contributed by atoms with van der Waals surface area (Å²) in [6.07, 6.45) is -0.585. The summed E-state index contributed by atoms with van der Waals surface area (Å²) in [6, 6.07) is 8.76. The minimum Gasteiger partial charge on any atom is -0.458 e. The molecule has 0 spiro atoms. The van der Waals surface area contributed by atoms with Crippen LogP contribution in [0.25, 0.3) is 0 Å². The van der Waals surface area contributed by atoms with Crippen molar-refractivity contribution < 1.29 is 23.8 Å². The second-order valence-electron chi connectivity index (χ2n) is 4.35. The molecule has 0 N–H and O–H groups in total. The highest BCUT2D eigenvalue weighted by atomic mass is 32.2. The van der Waals surface area contributed by atoms with E-state index < -0.39 is 12.3 Å². The van der Waals surface area contributed by atoms with Crippen LogP contribution in [0, 0.1) is 0 Å². The first kappa shape index (κ1) is 14.9. The summed E-state index contributed by atoms with van der Waals surface area (Å²) in [7, 11) is 0. The molecule has 0 aromatic heterocycles. The minimum absolute atomic E-state index is 0.0133. The number of hydrogen-bond acceptors (Lipinski definition) is 6. The van der Waals surface area contributed by atoms with Crippen molar-refractivity contribution in [1.82, 2.24) is 0 Å². The second kappa shape index (κ2) is 6.76. The van der Waals surface area contributed by atoms with Gasteiger partial charge in [0.2, 0.25) is 6.29 Å². The lowest BCUT2D eigenvalue weighted by molar-refractivity contribution is -0.175. The van der Waals surface area contributed by atoms with E-state index in [2.05, 4.69) is 0 Å². The van der Waals surface area contributed by atoms with Crippen LogP contribution in [0.1, 0.15) is 24.2 Å². The van der Waals surface area contributed by atoms with Gasteiger partial charge in [-0.25, -0.2) is 4.79 Å². The van der Waals surface area contributed by atoms with Crippen molar-refractivity contribution in [1.29, 1.82) is 0 Å². The molecule has 1 aromatic carbocycles. The van der Waals surface area contributed by atoms with Gasteiger partial charge in [-0.05, 0) is 19.1 Å². The molecule has 1 aliphatic rings. The summed E-state index contributed by atoms with van der Waals surface area (Å²) in [5.74, 6) is -0.775. The quantitative estimate of drug-likeness (QED) is 0.794. The second-order valence-corrected chi connectivity index (χ2v) is 5.89. The van der Waals surface area contributed by atoms with Gasteiger partial charge in [-0.2, -0.15) is 0 Å². The van der Waals surface area contributed by atoms with E-state index in [-0.39, 0.29) is 23.3 Å². The molecule has 0 saturated carbocycles. The molecule has 3 atom stereocenters. The molecule has 5 nitrogen and oxygen atoms in total. The number of benzene rings is 1. The maximum Gasteiger partial charge on any atom is 0.338 e. The summed E-state index contributed by atoms with van der Waals surface area (Å²) < 4.78 is 15.7. The Hall–Kier alpha value is -1.53. The van der Waals surface area contributed by atoms with E-state index >= 15 is 0 Å². The zero-order chi connectivity index (χ0) is 14.5. The van der Waals surface area contributed by atoms with Gasteiger partial charge in [-0.3, -0.25) is 4.79 Å². The number of carbonyl (C=O) groups excluding carboxylic acids is 2. The number of hydrogen-bond donors (Lipinski definition) is 0. The van der Waals surface area contributed by atoms with Crippen molar-refractivity contribution in [2.45, 2.75) is 30.8 Å². The molecular formula is C14H16O5S. The van der Waals surface area contributed by atoms with Crippen LogP contribution in [0.3, 0.4) is 0 Å². The van der Waals surface area contributed by atoms with E-state index in [9.17, 15) is 9.59 Å². The molecule has 0 unspecified atom stereocenters. The number of ether oxygens (including phenoxy) is 3. The Morgan fingerprint density at radius 2 is 2.00 bits per heavy atom. The summed E-state index contributed by atoms with van der Waals surface area (Å²) in [4.78, 5) is 22.7. The molecule has 2 rings (SSSR count). The molecule has 1 heterocycles. The lowest BCUT2D eigenvalue weighted by Crippen LogP contribution is -2.25. The predicted octanol–water partition coefficient (Wildman–Crippen LogP) is 2.21. The molecule has 0 radical (unpaired) electrons. The monoisotopic (exact) mass is 296 g/mol. The number of rotatable bonds is 4. The molecule has 1 fully saturated rings. The first-order valence-electron chi connectivity index (χ1n) is 6.26. The third-order valence-corrected chi connectivity index (χ3v) is 3.88. The van der Waals surface area contributed by atoms with E-state index in [1.54, 1.807) is 24.3 Å². The Bertz CT molecular complexity index is 476. The van der Waals surface area contributed by atoms with E-state index in [0.29, 0.717) is 5.56 Å². The van der Waals surface area contributed by atoms with Gasteiger partial charge in [-0.1, -0.05) is 18.2 Å². The number of thioether (sulfide) groups is 1. The summed E-state index contributed by atoms with van der Waals surface area (Å²) in [6.45, 7) is 3.36. The average molecular weight is 296 g/mol. The van der Waals surface area contributed by atoms with Gasteiger partial charge in [0.1, 0.15) is 12.0 Å². The van der Waals surface area contributed by atoms with E-state index in [1.807, 2.05) is 13.0 Å². The van der Waals surface area contributed by atoms with Crippen LogP contribution in [0.2, 0.25) is 0 Å². The molecule has 6 heteroatoms. The average Bonchev–Trinajstić information content (AvgIpc) is 2.77. The number of esters is 2. The van der Waals surface area contributed by atoms with Gasteiger partial charge >= 0.3 is 11.9 Å². The first-order chi connectivity index (χ1) is 9.56. The molecule has 0 amide bonds. The standard InChI is InChI=1S/C14H16O5S/c1-9-14(18-10(2)15)19-12(20-9)8-17-13(16)11-6-4-3-5-7-11/h3-7,9,12,14H,8H2,1-2H3/t9-,12-,14-/m0/s1. The van der Waals surface area contributed by atoms with Gasteiger partial charge in [0.25, 0.3) is 0 Å². The van der Waals surface area contributed by atoms with E-state index in [0.717, 1.165) is 0 Å². The highest BCUT2D eigenvalue weighted by Gasteiger charge is 2.35. The smallest absolute Gasteiger partial charge is 0.338 e. The van der Waals surface area contributed by atoms with Crippen molar-refractivity contribution in [2.75, 3.05) is 6.61 Å². The van der Waals surface area contributed by atoms with E-state index in [1.165, 1.54) is 18.7 Å². The SMILES string of the molecule is CC(=O)O[C@H]1O[C@H](COC(=O)c2ccccc2)S[C@H]1C. The predicted molar refractivity (Wildman–Crippen MR) is 74.2 cm³/mol. The summed E-state index contributed by atoms with van der Waals surface area (Å²) in [5.41, 5.74) is 0.182. The van der Waals surface area contributed by atoms with E-state index in [4.69, 9.17) is 14.2 Å². The topological polar surface area (TPSA) is 61.8 Å². The third-order valence-electron chi connectivity index (χ3n) is 2.68. The van der Waals surface area contributed by atoms with Crippen LogP contribution in [0.5, 0.6) is 0 Å². The third kappa shape index (κ3) is 3.98. The summed E-state index contributed by atoms with van der Waals surface area (Å²) in [5, 5.41) is 0.0133. The van der Waals surface area contributed by atoms with Crippen LogP contribution in [0.4, 0.5) is 0 Å². The van der Waals surface area contributed by atoms with Crippen molar-refractivity contribution in [3.63, 3.8) is 0 Å². The molecule has 0 bridgehead atoms. The van der Waals surface area contributed by atoms with Crippen molar-refractivity contribution >= 4 is 23.7 Å². The van der Waals surface area contributed by atoms with Gasteiger partial charge in [-0.15, -0.1) is 11.8 Å². The fourth-order valence-electron chi connectivity index (χ4n) is 1.76. The Morgan fingerprint density at radius 3 is 2.65 bits per heavy atom. The zero-order valence-electron chi connectivity index (χ0n) is 11.3. The lowest BCUT2D eigenvalue weighted by Gasteiger charge is -2.13. The molecule has 1 saturated heterocycles. The Kier molecular flexibility index (Phi) is 5.03. The first-order valence-corrected chi connectivity index (χ1v) is 7.21. The van der Waals surface area contributed by atoms with Gasteiger partial charge in [0, 0.05) is 6.92 Å². The highest BCUT2D eigenvalue weighted by molar-refractivity contribution is 8.00. The lowest BCUT2D eigenvalue weighted by atomic mass is 10.2. The fraction of sp³-hybridized carbons (Fsp3) is 0.429. The maximum absolute atomic E-state index is 11.8. The fourth-order valence-corrected chi connectivity index (χ4v) is 2.81. The van der Waals surface area contributed by atoms with Gasteiger partial charge in [0.05, 0.1) is 10.8 Å². The molecule has 20 heavy (non-hydrogen) atoms. The normalized spacial score (nSPS) is 25.2. The molecule has 0 aliphatic carbocycles. The molecule has 108 valence electrons. The van der Waals surface area contributed by atoms with Crippen LogP contribution in [0.15, 0.2) is 30.3 Å². The number of carbonyl (C=O) groups is 2. The Labute approximate surface area is 121 Å². The zero-order valence-corrected chi connectivity index (χ0v) is 12.1. The van der Waals surface area contributed by atoms with Crippen LogP contribution < -0.4 is 0 Å². The van der Waals surface area contributed by atoms with Crippen LogP contribution in [-0.4, -0.2) is 35.5 Å². The van der Waals surface area contributed by atoms with Gasteiger partial charge in [0.15, 0.2) is 0 Å². The Morgan fingerprint density at radius 1 is 1.30 bits per heavy atom. The highest BCUT2D eigenvalue weighted by Crippen LogP contribution is 2.33. The van der Waals surface area contributed by atoms with Gasteiger partial charge < -0.3 is 14.2 Å². The van der Waals surface area contributed by atoms with Crippen LogP contribution in [-0.2, 0) is 19.0 Å². The van der Waals surface area contributed by atoms with Crippen molar-refractivity contribution in [2.24, 2.45) is 0 Å². The van der Waals surface area contributed by atoms with Crippen molar-refractivity contribution in [3.05, 3.63) is 35.9 Å². The minimum atomic E-state index is -0.585. The largest absolute Gasteiger partial charge is 0.458 e. The van der Waals surface area contributed by atoms with Crippen molar-refractivity contribution in [3.8, 4) is 0 Å². The maximum atomic E-state index is 11.8. The van der Waals surface area contributed by atoms with Crippen LogP contribution >= 0.6 is 11.8 Å². The molecule has 1 aliphatic heterocycles. The molecule has 1 aromatic rings. The molecular weight excluding hydrogens is 280 g/mol. The summed E-state index contributed by atoms with van der Waals surface area (Å²) >= 11 is 1.48.